The minimum atomic E-state index is -1.34. The van der Waals surface area contributed by atoms with Gasteiger partial charge < -0.3 is 25.6 Å². The number of aliphatic hydroxyl groups is 1. The number of carbonyl (C=O) groups is 3. The molecule has 0 fully saturated rings. The predicted molar refractivity (Wildman–Crippen MR) is 92.7 cm³/mol. The molecule has 0 saturated heterocycles. The molecule has 0 spiro atoms. The van der Waals surface area contributed by atoms with Crippen LogP contribution in [-0.4, -0.2) is 53.6 Å². The number of hydrogen-bond acceptors (Lipinski definition) is 7. The summed E-state index contributed by atoms with van der Waals surface area (Å²) in [5.74, 6) is -2.34. The second kappa shape index (κ2) is 9.52. The van der Waals surface area contributed by atoms with Gasteiger partial charge in [0.05, 0.1) is 12.9 Å². The summed E-state index contributed by atoms with van der Waals surface area (Å²) >= 11 is 0. The molecule has 2 amide bonds. The van der Waals surface area contributed by atoms with Crippen LogP contribution in [0.2, 0.25) is 0 Å². The van der Waals surface area contributed by atoms with Crippen molar-refractivity contribution >= 4 is 24.1 Å². The molecular formula is C17H23N3O6. The number of benzene rings is 1. The lowest BCUT2D eigenvalue weighted by atomic mass is 9.86. The Morgan fingerprint density at radius 2 is 1.96 bits per heavy atom. The van der Waals surface area contributed by atoms with Crippen molar-refractivity contribution in [1.29, 1.82) is 5.41 Å². The van der Waals surface area contributed by atoms with E-state index < -0.39 is 35.9 Å². The molecule has 0 heterocycles. The van der Waals surface area contributed by atoms with Gasteiger partial charge in [0.2, 0.25) is 5.91 Å². The Hall–Kier alpha value is -2.94. The summed E-state index contributed by atoms with van der Waals surface area (Å²) < 4.78 is 5.23. The zero-order chi connectivity index (χ0) is 19.7. The van der Waals surface area contributed by atoms with E-state index in [9.17, 15) is 24.6 Å². The average Bonchev–Trinajstić information content (AvgIpc) is 2.59. The van der Waals surface area contributed by atoms with E-state index in [2.05, 4.69) is 10.6 Å². The van der Waals surface area contributed by atoms with Gasteiger partial charge in [-0.25, -0.2) is 4.79 Å². The molecule has 0 aliphatic heterocycles. The van der Waals surface area contributed by atoms with Crippen LogP contribution < -0.4 is 10.6 Å². The third kappa shape index (κ3) is 5.85. The molecule has 1 rings (SSSR count). The molecular weight excluding hydrogens is 342 g/mol. The molecule has 1 aromatic rings. The first-order valence-corrected chi connectivity index (χ1v) is 7.88. The fourth-order valence-electron chi connectivity index (χ4n) is 2.01. The highest BCUT2D eigenvalue weighted by atomic mass is 16.6. The number of ether oxygens (including phenoxy) is 1. The normalized spacial score (nSPS) is 12.0. The van der Waals surface area contributed by atoms with Gasteiger partial charge in [-0.15, -0.1) is 0 Å². The first kappa shape index (κ1) is 21.1. The third-order valence-electron chi connectivity index (χ3n) is 3.59. The number of hydrogen-bond donors (Lipinski definition) is 5. The quantitative estimate of drug-likeness (QED) is 0.239. The van der Waals surface area contributed by atoms with Crippen molar-refractivity contribution in [3.8, 4) is 5.75 Å². The van der Waals surface area contributed by atoms with Crippen LogP contribution in [0.5, 0.6) is 5.75 Å². The maximum Gasteiger partial charge on any atom is 0.342 e. The van der Waals surface area contributed by atoms with Crippen LogP contribution in [0.1, 0.15) is 30.6 Å². The number of phenols is 1. The van der Waals surface area contributed by atoms with Crippen LogP contribution in [0.25, 0.3) is 0 Å². The van der Waals surface area contributed by atoms with Crippen molar-refractivity contribution in [3.05, 3.63) is 29.8 Å². The lowest BCUT2D eigenvalue weighted by Crippen LogP contribution is -2.48. The Balaban J connectivity index is 2.84. The first-order valence-electron chi connectivity index (χ1n) is 7.88. The van der Waals surface area contributed by atoms with Crippen LogP contribution in [0, 0.1) is 10.8 Å². The highest BCUT2D eigenvalue weighted by molar-refractivity contribution is 5.95. The van der Waals surface area contributed by atoms with E-state index in [0.717, 1.165) is 6.34 Å². The van der Waals surface area contributed by atoms with E-state index in [1.54, 1.807) is 0 Å². The van der Waals surface area contributed by atoms with Gasteiger partial charge in [0.25, 0.3) is 5.91 Å². The zero-order valence-corrected chi connectivity index (χ0v) is 14.6. The Bertz CT molecular complexity index is 674. The summed E-state index contributed by atoms with van der Waals surface area (Å²) in [6.07, 6.45) is -0.679. The second-order valence-electron chi connectivity index (χ2n) is 6.20. The van der Waals surface area contributed by atoms with E-state index in [-0.39, 0.29) is 24.3 Å². The Morgan fingerprint density at radius 3 is 2.54 bits per heavy atom. The monoisotopic (exact) mass is 365 g/mol. The van der Waals surface area contributed by atoms with Gasteiger partial charge in [0.15, 0.2) is 6.10 Å². The molecule has 0 radical (unpaired) electrons. The van der Waals surface area contributed by atoms with E-state index in [1.807, 2.05) is 0 Å². The average molecular weight is 365 g/mol. The van der Waals surface area contributed by atoms with Gasteiger partial charge in [-0.05, 0) is 12.1 Å². The Morgan fingerprint density at radius 1 is 1.31 bits per heavy atom. The molecule has 1 aromatic carbocycles. The van der Waals surface area contributed by atoms with Crippen molar-refractivity contribution in [2.24, 2.45) is 5.41 Å². The smallest absolute Gasteiger partial charge is 0.342 e. The lowest BCUT2D eigenvalue weighted by Gasteiger charge is -2.31. The van der Waals surface area contributed by atoms with Crippen molar-refractivity contribution in [2.75, 3.05) is 13.2 Å². The van der Waals surface area contributed by atoms with E-state index in [0.29, 0.717) is 0 Å². The maximum absolute atomic E-state index is 12.4. The van der Waals surface area contributed by atoms with E-state index in [1.165, 1.54) is 38.1 Å². The van der Waals surface area contributed by atoms with Crippen LogP contribution in [0.4, 0.5) is 0 Å². The van der Waals surface area contributed by atoms with Crippen LogP contribution in [0.15, 0.2) is 24.3 Å². The molecule has 0 saturated carbocycles. The lowest BCUT2D eigenvalue weighted by molar-refractivity contribution is -0.138. The fraction of sp³-hybridized carbons (Fsp3) is 0.412. The minimum absolute atomic E-state index is 0.0371. The third-order valence-corrected chi connectivity index (χ3v) is 3.59. The molecule has 142 valence electrons. The number of aliphatic hydroxyl groups excluding tert-OH is 1. The number of phenolic OH excluding ortho intramolecular Hbond substituents is 1. The Labute approximate surface area is 150 Å². The number of carbonyl (C=O) groups excluding carboxylic acids is 3. The molecule has 0 unspecified atom stereocenters. The summed E-state index contributed by atoms with van der Waals surface area (Å²) in [5.41, 5.74) is -1.20. The SMILES string of the molecule is CC(C)(CO)[C@@H](OC(=O)c1ccccc1O)C(=O)NCCC(=O)NC=N. The molecule has 0 aliphatic rings. The summed E-state index contributed by atoms with van der Waals surface area (Å²) in [7, 11) is 0. The van der Waals surface area contributed by atoms with Crippen molar-refractivity contribution in [1.82, 2.24) is 10.6 Å². The molecule has 0 aromatic heterocycles. The van der Waals surface area contributed by atoms with Gasteiger partial charge in [-0.3, -0.25) is 15.0 Å². The number of aromatic hydroxyl groups is 1. The summed E-state index contributed by atoms with van der Waals surface area (Å²) in [4.78, 5) is 36.0. The highest BCUT2D eigenvalue weighted by Gasteiger charge is 2.38. The first-order chi connectivity index (χ1) is 12.2. The van der Waals surface area contributed by atoms with Crippen LogP contribution >= 0.6 is 0 Å². The predicted octanol–water partition coefficient (Wildman–Crippen LogP) is 0.166. The van der Waals surface area contributed by atoms with Gasteiger partial charge in [0.1, 0.15) is 11.3 Å². The number of amides is 2. The van der Waals surface area contributed by atoms with E-state index in [4.69, 9.17) is 10.1 Å². The fourth-order valence-corrected chi connectivity index (χ4v) is 2.01. The molecule has 5 N–H and O–H groups in total. The zero-order valence-electron chi connectivity index (χ0n) is 14.6. The minimum Gasteiger partial charge on any atom is -0.507 e. The van der Waals surface area contributed by atoms with Gasteiger partial charge in [-0.2, -0.15) is 0 Å². The van der Waals surface area contributed by atoms with Crippen molar-refractivity contribution in [3.63, 3.8) is 0 Å². The maximum atomic E-state index is 12.4. The van der Waals surface area contributed by atoms with Gasteiger partial charge in [0, 0.05) is 18.4 Å². The summed E-state index contributed by atoms with van der Waals surface area (Å²) in [5, 5.41) is 30.6. The Kier molecular flexibility index (Phi) is 7.73. The number of esters is 1. The highest BCUT2D eigenvalue weighted by Crippen LogP contribution is 2.26. The number of rotatable bonds is 9. The molecule has 1 atom stereocenters. The number of nitrogens with one attached hydrogen (secondary N) is 3. The number of para-hydroxylation sites is 1. The summed E-state index contributed by atoms with van der Waals surface area (Å²) in [6.45, 7) is 2.60. The van der Waals surface area contributed by atoms with Crippen molar-refractivity contribution < 1.29 is 29.3 Å². The molecule has 9 nitrogen and oxygen atoms in total. The van der Waals surface area contributed by atoms with Crippen molar-refractivity contribution in [2.45, 2.75) is 26.4 Å². The largest absolute Gasteiger partial charge is 0.507 e. The van der Waals surface area contributed by atoms with Crippen LogP contribution in [0.3, 0.4) is 0 Å². The van der Waals surface area contributed by atoms with Gasteiger partial charge in [-0.1, -0.05) is 26.0 Å². The molecule has 0 bridgehead atoms. The summed E-state index contributed by atoms with van der Waals surface area (Å²) in [6, 6.07) is 5.73. The molecule has 0 aliphatic carbocycles. The molecule has 9 heteroatoms. The van der Waals surface area contributed by atoms with E-state index >= 15 is 0 Å². The molecule has 26 heavy (non-hydrogen) atoms. The topological polar surface area (TPSA) is 149 Å². The second-order valence-corrected chi connectivity index (χ2v) is 6.20. The standard InChI is InChI=1S/C17H23N3O6/c1-17(2,9-21)14(15(24)19-8-7-13(23)20-10-18)26-16(25)11-5-3-4-6-12(11)22/h3-6,10,14,21-22H,7-9H2,1-2H3,(H,19,24)(H2,18,20,23)/t14-/m0/s1. The van der Waals surface area contributed by atoms with Gasteiger partial charge >= 0.3 is 5.97 Å². The van der Waals surface area contributed by atoms with Crippen LogP contribution in [-0.2, 0) is 14.3 Å².